The van der Waals surface area contributed by atoms with Gasteiger partial charge in [-0.05, 0) is 19.4 Å². The van der Waals surface area contributed by atoms with Gasteiger partial charge in [-0.15, -0.1) is 0 Å². The van der Waals surface area contributed by atoms with Gasteiger partial charge in [0.05, 0.1) is 12.7 Å². The van der Waals surface area contributed by atoms with Crippen molar-refractivity contribution in [2.45, 2.75) is 25.4 Å². The van der Waals surface area contributed by atoms with E-state index in [9.17, 15) is 5.11 Å². The minimum absolute atomic E-state index is 0.250. The summed E-state index contributed by atoms with van der Waals surface area (Å²) in [4.78, 5) is 0. The molecular weight excluding hydrogens is 164 g/mol. The second-order valence-electron chi connectivity index (χ2n) is 3.63. The summed E-state index contributed by atoms with van der Waals surface area (Å²) in [5.41, 5.74) is 1.24. The van der Waals surface area contributed by atoms with E-state index in [1.807, 2.05) is 25.1 Å². The summed E-state index contributed by atoms with van der Waals surface area (Å²) in [6, 6.07) is 8.05. The van der Waals surface area contributed by atoms with Crippen LogP contribution in [0.3, 0.4) is 0 Å². The maximum atomic E-state index is 9.28. The van der Waals surface area contributed by atoms with Gasteiger partial charge in [0.2, 0.25) is 0 Å². The lowest BCUT2D eigenvalue weighted by Gasteiger charge is -2.10. The van der Waals surface area contributed by atoms with Crippen LogP contribution in [-0.2, 0) is 0 Å². The number of hydrogen-bond donors (Lipinski definition) is 1. The first-order chi connectivity index (χ1) is 6.27. The molecule has 2 atom stereocenters. The van der Waals surface area contributed by atoms with Gasteiger partial charge in [-0.1, -0.05) is 18.2 Å². The highest BCUT2D eigenvalue weighted by atomic mass is 16.5. The zero-order valence-corrected chi connectivity index (χ0v) is 7.73. The second kappa shape index (κ2) is 3.38. The summed E-state index contributed by atoms with van der Waals surface area (Å²) >= 11 is 0. The summed E-state index contributed by atoms with van der Waals surface area (Å²) in [6.07, 6.45) is 0.538. The van der Waals surface area contributed by atoms with Crippen LogP contribution in [0.25, 0.3) is 0 Å². The summed E-state index contributed by atoms with van der Waals surface area (Å²) in [5, 5.41) is 9.28. The molecule has 1 aromatic rings. The predicted molar refractivity (Wildman–Crippen MR) is 51.0 cm³/mol. The number of rotatable bonds is 2. The van der Waals surface area contributed by atoms with Gasteiger partial charge in [0.25, 0.3) is 0 Å². The highest BCUT2D eigenvalue weighted by Gasteiger charge is 2.24. The molecule has 1 heterocycles. The van der Waals surface area contributed by atoms with Gasteiger partial charge in [0, 0.05) is 11.5 Å². The Balaban J connectivity index is 2.18. The van der Waals surface area contributed by atoms with E-state index in [0.717, 1.165) is 12.2 Å². The molecule has 2 rings (SSSR count). The Morgan fingerprint density at radius 1 is 1.54 bits per heavy atom. The number of fused-ring (bicyclic) bond motifs is 1. The molecule has 1 aromatic carbocycles. The van der Waals surface area contributed by atoms with Crippen molar-refractivity contribution in [2.75, 3.05) is 6.61 Å². The molecule has 2 nitrogen and oxygen atoms in total. The van der Waals surface area contributed by atoms with Gasteiger partial charge in [-0.2, -0.15) is 0 Å². The van der Waals surface area contributed by atoms with E-state index < -0.39 is 0 Å². The smallest absolute Gasteiger partial charge is 0.122 e. The number of benzene rings is 1. The van der Waals surface area contributed by atoms with Crippen molar-refractivity contribution >= 4 is 0 Å². The molecule has 1 N–H and O–H groups in total. The molecule has 1 aliphatic heterocycles. The SMILES string of the molecule is CC(O)CC1COc2ccccc21. The van der Waals surface area contributed by atoms with Crippen LogP contribution in [0.1, 0.15) is 24.8 Å². The molecule has 0 amide bonds. The van der Waals surface area contributed by atoms with E-state index in [0.29, 0.717) is 12.5 Å². The highest BCUT2D eigenvalue weighted by molar-refractivity contribution is 5.39. The van der Waals surface area contributed by atoms with Crippen molar-refractivity contribution in [3.63, 3.8) is 0 Å². The second-order valence-corrected chi connectivity index (χ2v) is 3.63. The highest BCUT2D eigenvalue weighted by Crippen LogP contribution is 2.35. The summed E-state index contributed by atoms with van der Waals surface area (Å²) in [5.74, 6) is 1.35. The monoisotopic (exact) mass is 178 g/mol. The molecule has 0 saturated heterocycles. The molecule has 2 unspecified atom stereocenters. The van der Waals surface area contributed by atoms with Crippen molar-refractivity contribution in [3.05, 3.63) is 29.8 Å². The van der Waals surface area contributed by atoms with E-state index >= 15 is 0 Å². The maximum Gasteiger partial charge on any atom is 0.122 e. The van der Waals surface area contributed by atoms with E-state index in [2.05, 4.69) is 6.07 Å². The van der Waals surface area contributed by atoms with Crippen molar-refractivity contribution in [1.82, 2.24) is 0 Å². The Morgan fingerprint density at radius 3 is 3.08 bits per heavy atom. The average molecular weight is 178 g/mol. The molecule has 70 valence electrons. The number of aliphatic hydroxyl groups is 1. The first-order valence-corrected chi connectivity index (χ1v) is 4.67. The van der Waals surface area contributed by atoms with Gasteiger partial charge in [0.1, 0.15) is 5.75 Å². The molecule has 0 aromatic heterocycles. The number of para-hydroxylation sites is 1. The fourth-order valence-electron chi connectivity index (χ4n) is 1.84. The van der Waals surface area contributed by atoms with Crippen LogP contribution in [0, 0.1) is 0 Å². The lowest BCUT2D eigenvalue weighted by atomic mass is 9.96. The Kier molecular flexibility index (Phi) is 2.23. The molecule has 0 aliphatic carbocycles. The van der Waals surface area contributed by atoms with Crippen molar-refractivity contribution < 1.29 is 9.84 Å². The molecule has 0 radical (unpaired) electrons. The molecule has 0 saturated carbocycles. The third kappa shape index (κ3) is 1.68. The third-order valence-electron chi connectivity index (χ3n) is 2.42. The quantitative estimate of drug-likeness (QED) is 0.749. The number of hydrogen-bond acceptors (Lipinski definition) is 2. The standard InChI is InChI=1S/C11H14O2/c1-8(12)6-9-7-13-11-5-3-2-4-10(9)11/h2-5,8-9,12H,6-7H2,1H3. The molecule has 0 fully saturated rings. The predicted octanol–water partition coefficient (Wildman–Crippen LogP) is 1.93. The van der Waals surface area contributed by atoms with E-state index in [1.165, 1.54) is 5.56 Å². The Morgan fingerprint density at radius 2 is 2.31 bits per heavy atom. The van der Waals surface area contributed by atoms with Crippen LogP contribution in [0.4, 0.5) is 0 Å². The van der Waals surface area contributed by atoms with Crippen LogP contribution in [0.2, 0.25) is 0 Å². The Labute approximate surface area is 78.2 Å². The minimum Gasteiger partial charge on any atom is -0.493 e. The average Bonchev–Trinajstić information content (AvgIpc) is 2.48. The molecular formula is C11H14O2. The zero-order valence-electron chi connectivity index (χ0n) is 7.73. The fourth-order valence-corrected chi connectivity index (χ4v) is 1.84. The van der Waals surface area contributed by atoms with Gasteiger partial charge in [-0.25, -0.2) is 0 Å². The first-order valence-electron chi connectivity index (χ1n) is 4.67. The van der Waals surface area contributed by atoms with Gasteiger partial charge in [-0.3, -0.25) is 0 Å². The molecule has 1 aliphatic rings. The first kappa shape index (κ1) is 8.57. The van der Waals surface area contributed by atoms with Crippen LogP contribution in [0.15, 0.2) is 24.3 Å². The summed E-state index contributed by atoms with van der Waals surface area (Å²) in [7, 11) is 0. The van der Waals surface area contributed by atoms with Gasteiger partial charge >= 0.3 is 0 Å². The van der Waals surface area contributed by atoms with Crippen LogP contribution >= 0.6 is 0 Å². The largest absolute Gasteiger partial charge is 0.493 e. The van der Waals surface area contributed by atoms with Crippen molar-refractivity contribution in [1.29, 1.82) is 0 Å². The zero-order chi connectivity index (χ0) is 9.26. The van der Waals surface area contributed by atoms with Crippen LogP contribution in [0.5, 0.6) is 5.75 Å². The van der Waals surface area contributed by atoms with Crippen LogP contribution in [-0.4, -0.2) is 17.8 Å². The molecule has 0 bridgehead atoms. The lowest BCUT2D eigenvalue weighted by Crippen LogP contribution is -2.09. The van der Waals surface area contributed by atoms with Crippen molar-refractivity contribution in [2.24, 2.45) is 0 Å². The number of ether oxygens (including phenoxy) is 1. The Bertz CT molecular complexity index is 294. The normalized spacial score (nSPS) is 22.2. The van der Waals surface area contributed by atoms with E-state index in [-0.39, 0.29) is 6.10 Å². The molecule has 2 heteroatoms. The summed E-state index contributed by atoms with van der Waals surface area (Å²) < 4.78 is 5.50. The Hall–Kier alpha value is -1.02. The fraction of sp³-hybridized carbons (Fsp3) is 0.455. The molecule has 13 heavy (non-hydrogen) atoms. The third-order valence-corrected chi connectivity index (χ3v) is 2.42. The van der Waals surface area contributed by atoms with Gasteiger partial charge < -0.3 is 9.84 Å². The van der Waals surface area contributed by atoms with Gasteiger partial charge in [0.15, 0.2) is 0 Å². The lowest BCUT2D eigenvalue weighted by molar-refractivity contribution is 0.167. The van der Waals surface area contributed by atoms with Crippen LogP contribution < -0.4 is 4.74 Å². The maximum absolute atomic E-state index is 9.28. The topological polar surface area (TPSA) is 29.5 Å². The number of aliphatic hydroxyl groups excluding tert-OH is 1. The van der Waals surface area contributed by atoms with Crippen molar-refractivity contribution in [3.8, 4) is 5.75 Å². The van der Waals surface area contributed by atoms with E-state index in [1.54, 1.807) is 0 Å². The van der Waals surface area contributed by atoms with E-state index in [4.69, 9.17) is 4.74 Å². The minimum atomic E-state index is -0.250. The summed E-state index contributed by atoms with van der Waals surface area (Å²) in [6.45, 7) is 2.53. The molecule has 0 spiro atoms.